The number of halogens is 2. The predicted octanol–water partition coefficient (Wildman–Crippen LogP) is 3.79. The third-order valence-corrected chi connectivity index (χ3v) is 3.52. The van der Waals surface area contributed by atoms with Crippen molar-refractivity contribution in [1.29, 1.82) is 0 Å². The minimum atomic E-state index is -0.480. The number of rotatable bonds is 4. The van der Waals surface area contributed by atoms with Crippen LogP contribution in [0, 0.1) is 12.7 Å². The fraction of sp³-hybridized carbons (Fsp3) is 0.125. The first-order valence-electron chi connectivity index (χ1n) is 6.69. The van der Waals surface area contributed by atoms with E-state index in [1.165, 1.54) is 12.1 Å². The first-order valence-corrected chi connectivity index (χ1v) is 7.89. The molecule has 1 amide bonds. The van der Waals surface area contributed by atoms with Gasteiger partial charge >= 0.3 is 0 Å². The molecule has 2 aromatic carbocycles. The number of hydrogen-bond donors (Lipinski definition) is 2. The summed E-state index contributed by atoms with van der Waals surface area (Å²) >= 11 is 8.14. The number of carbonyl (C=O) groups excluding carboxylic acids is 1. The zero-order valence-electron chi connectivity index (χ0n) is 12.2. The molecule has 0 aromatic heterocycles. The lowest BCUT2D eigenvalue weighted by atomic mass is 10.2. The SMILES string of the molecule is Cc1ccc(OCC(=O)NC(=S)Nc2ccc(Br)cc2F)cc1. The van der Waals surface area contributed by atoms with E-state index in [4.69, 9.17) is 17.0 Å². The van der Waals surface area contributed by atoms with E-state index in [1.807, 2.05) is 19.1 Å². The molecule has 0 spiro atoms. The molecular weight excluding hydrogens is 383 g/mol. The smallest absolute Gasteiger partial charge is 0.264 e. The Hall–Kier alpha value is -1.99. The highest BCUT2D eigenvalue weighted by molar-refractivity contribution is 9.10. The van der Waals surface area contributed by atoms with Crippen LogP contribution in [0.1, 0.15) is 5.56 Å². The van der Waals surface area contributed by atoms with Gasteiger partial charge in [-0.2, -0.15) is 0 Å². The van der Waals surface area contributed by atoms with E-state index in [1.54, 1.807) is 18.2 Å². The molecule has 2 aromatic rings. The molecule has 0 atom stereocenters. The minimum absolute atomic E-state index is 0.00345. The maximum absolute atomic E-state index is 13.7. The molecule has 4 nitrogen and oxygen atoms in total. The van der Waals surface area contributed by atoms with Crippen LogP contribution >= 0.6 is 28.1 Å². The first kappa shape index (κ1) is 17.4. The summed E-state index contributed by atoms with van der Waals surface area (Å²) in [6, 6.07) is 11.8. The van der Waals surface area contributed by atoms with E-state index in [0.717, 1.165) is 5.56 Å². The van der Waals surface area contributed by atoms with Crippen LogP contribution < -0.4 is 15.4 Å². The molecule has 0 saturated heterocycles. The second-order valence-corrected chi connectivity index (χ2v) is 6.05. The van der Waals surface area contributed by atoms with Gasteiger partial charge in [-0.15, -0.1) is 0 Å². The van der Waals surface area contributed by atoms with Crippen LogP contribution in [0.25, 0.3) is 0 Å². The van der Waals surface area contributed by atoms with Gasteiger partial charge in [-0.1, -0.05) is 33.6 Å². The highest BCUT2D eigenvalue weighted by Gasteiger charge is 2.08. The molecule has 0 aliphatic rings. The van der Waals surface area contributed by atoms with Crippen molar-refractivity contribution in [2.24, 2.45) is 0 Å². The number of anilines is 1. The summed E-state index contributed by atoms with van der Waals surface area (Å²) in [4.78, 5) is 11.8. The average Bonchev–Trinajstić information content (AvgIpc) is 2.49. The van der Waals surface area contributed by atoms with Crippen molar-refractivity contribution in [2.45, 2.75) is 6.92 Å². The van der Waals surface area contributed by atoms with Gasteiger partial charge in [0, 0.05) is 4.47 Å². The fourth-order valence-electron chi connectivity index (χ4n) is 1.69. The van der Waals surface area contributed by atoms with Gasteiger partial charge in [0.05, 0.1) is 5.69 Å². The van der Waals surface area contributed by atoms with E-state index in [-0.39, 0.29) is 17.4 Å². The average molecular weight is 397 g/mol. The molecule has 23 heavy (non-hydrogen) atoms. The van der Waals surface area contributed by atoms with Crippen LogP contribution in [0.15, 0.2) is 46.9 Å². The van der Waals surface area contributed by atoms with Crippen LogP contribution in [-0.4, -0.2) is 17.6 Å². The summed E-state index contributed by atoms with van der Waals surface area (Å²) < 4.78 is 19.6. The van der Waals surface area contributed by atoms with E-state index in [9.17, 15) is 9.18 Å². The largest absolute Gasteiger partial charge is 0.484 e. The van der Waals surface area contributed by atoms with Crippen molar-refractivity contribution in [3.8, 4) is 5.75 Å². The van der Waals surface area contributed by atoms with Gasteiger partial charge in [-0.25, -0.2) is 4.39 Å². The van der Waals surface area contributed by atoms with E-state index >= 15 is 0 Å². The number of nitrogens with one attached hydrogen (secondary N) is 2. The lowest BCUT2D eigenvalue weighted by Crippen LogP contribution is -2.37. The summed E-state index contributed by atoms with van der Waals surface area (Å²) in [6.07, 6.45) is 0. The van der Waals surface area contributed by atoms with Gasteiger partial charge in [0.2, 0.25) is 0 Å². The molecule has 0 unspecified atom stereocenters. The Morgan fingerprint density at radius 1 is 1.26 bits per heavy atom. The van der Waals surface area contributed by atoms with E-state index in [0.29, 0.717) is 10.2 Å². The first-order chi connectivity index (χ1) is 10.9. The monoisotopic (exact) mass is 396 g/mol. The van der Waals surface area contributed by atoms with Gasteiger partial charge in [0.15, 0.2) is 11.7 Å². The Morgan fingerprint density at radius 3 is 2.61 bits per heavy atom. The Morgan fingerprint density at radius 2 is 1.96 bits per heavy atom. The van der Waals surface area contributed by atoms with Crippen molar-refractivity contribution in [3.63, 3.8) is 0 Å². The maximum atomic E-state index is 13.7. The molecule has 7 heteroatoms. The van der Waals surface area contributed by atoms with Crippen molar-refractivity contribution in [1.82, 2.24) is 5.32 Å². The van der Waals surface area contributed by atoms with Gasteiger partial charge in [-0.05, 0) is 49.5 Å². The number of carbonyl (C=O) groups is 1. The molecule has 0 aliphatic carbocycles. The van der Waals surface area contributed by atoms with E-state index in [2.05, 4.69) is 26.6 Å². The third kappa shape index (κ3) is 5.61. The second-order valence-electron chi connectivity index (χ2n) is 4.73. The Kier molecular flexibility index (Phi) is 6.06. The molecule has 2 N–H and O–H groups in total. The normalized spacial score (nSPS) is 10.0. The standard InChI is InChI=1S/C16H14BrFN2O2S/c1-10-2-5-12(6-3-10)22-9-15(21)20-16(23)19-14-7-4-11(17)8-13(14)18/h2-8H,9H2,1H3,(H2,19,20,21,23). The van der Waals surface area contributed by atoms with Crippen LogP contribution in [0.4, 0.5) is 10.1 Å². The quantitative estimate of drug-likeness (QED) is 0.771. The molecule has 0 heterocycles. The molecule has 120 valence electrons. The Labute approximate surface area is 147 Å². The van der Waals surface area contributed by atoms with Crippen LogP contribution in [-0.2, 0) is 4.79 Å². The zero-order chi connectivity index (χ0) is 16.8. The fourth-order valence-corrected chi connectivity index (χ4v) is 2.25. The number of thiocarbonyl (C=S) groups is 1. The van der Waals surface area contributed by atoms with Gasteiger partial charge in [-0.3, -0.25) is 10.1 Å². The second kappa shape index (κ2) is 8.03. The van der Waals surface area contributed by atoms with Gasteiger partial charge in [0.25, 0.3) is 5.91 Å². The number of aryl methyl sites for hydroxylation is 1. The molecule has 0 fully saturated rings. The van der Waals surface area contributed by atoms with Gasteiger partial charge in [0.1, 0.15) is 11.6 Å². The summed E-state index contributed by atoms with van der Waals surface area (Å²) in [7, 11) is 0. The Bertz CT molecular complexity index is 723. The number of amides is 1. The summed E-state index contributed by atoms with van der Waals surface area (Å²) in [5.74, 6) is -0.323. The van der Waals surface area contributed by atoms with Crippen LogP contribution in [0.5, 0.6) is 5.75 Å². The number of ether oxygens (including phenoxy) is 1. The third-order valence-electron chi connectivity index (χ3n) is 2.82. The number of hydrogen-bond acceptors (Lipinski definition) is 3. The zero-order valence-corrected chi connectivity index (χ0v) is 14.6. The van der Waals surface area contributed by atoms with Crippen LogP contribution in [0.3, 0.4) is 0 Å². The predicted molar refractivity (Wildman–Crippen MR) is 95.1 cm³/mol. The molecule has 0 radical (unpaired) electrons. The molecule has 2 rings (SSSR count). The Balaban J connectivity index is 1.82. The lowest BCUT2D eigenvalue weighted by molar-refractivity contribution is -0.121. The van der Waals surface area contributed by atoms with Crippen molar-refractivity contribution in [2.75, 3.05) is 11.9 Å². The van der Waals surface area contributed by atoms with Crippen molar-refractivity contribution >= 4 is 44.9 Å². The number of benzene rings is 2. The molecule has 0 saturated carbocycles. The van der Waals surface area contributed by atoms with Crippen molar-refractivity contribution in [3.05, 3.63) is 58.3 Å². The van der Waals surface area contributed by atoms with E-state index < -0.39 is 11.7 Å². The highest BCUT2D eigenvalue weighted by Crippen LogP contribution is 2.19. The van der Waals surface area contributed by atoms with Gasteiger partial charge < -0.3 is 10.1 Å². The highest BCUT2D eigenvalue weighted by atomic mass is 79.9. The summed E-state index contributed by atoms with van der Waals surface area (Å²) in [5.41, 5.74) is 1.28. The maximum Gasteiger partial charge on any atom is 0.264 e. The molecular formula is C16H14BrFN2O2S. The lowest BCUT2D eigenvalue weighted by Gasteiger charge is -2.11. The molecule has 0 aliphatic heterocycles. The van der Waals surface area contributed by atoms with Crippen molar-refractivity contribution < 1.29 is 13.9 Å². The minimum Gasteiger partial charge on any atom is -0.484 e. The summed E-state index contributed by atoms with van der Waals surface area (Å²) in [5, 5.41) is 5.06. The summed E-state index contributed by atoms with van der Waals surface area (Å²) in [6.45, 7) is 1.77. The molecule has 0 bridgehead atoms. The van der Waals surface area contributed by atoms with Crippen LogP contribution in [0.2, 0.25) is 0 Å². The topological polar surface area (TPSA) is 50.4 Å².